The van der Waals surface area contributed by atoms with E-state index in [2.05, 4.69) is 0 Å². The van der Waals surface area contributed by atoms with Crippen LogP contribution in [0.5, 0.6) is 0 Å². The summed E-state index contributed by atoms with van der Waals surface area (Å²) in [6, 6.07) is 10.9. The van der Waals surface area contributed by atoms with E-state index in [0.717, 1.165) is 20.3 Å². The van der Waals surface area contributed by atoms with E-state index in [1.165, 1.54) is 11.3 Å². The van der Waals surface area contributed by atoms with Gasteiger partial charge in [0.1, 0.15) is 0 Å². The Hall–Kier alpha value is -1.36. The second kappa shape index (κ2) is 5.52. The molecule has 0 amide bonds. The Bertz CT molecular complexity index is 568. The van der Waals surface area contributed by atoms with Gasteiger partial charge in [0.2, 0.25) is 0 Å². The number of halogens is 1. The topological polar surface area (TPSA) is 63.3 Å². The molecule has 0 spiro atoms. The summed E-state index contributed by atoms with van der Waals surface area (Å²) in [6.07, 6.45) is -0.0748. The smallest absolute Gasteiger partial charge is 0.305 e. The molecule has 0 unspecified atom stereocenters. The van der Waals surface area contributed by atoms with Gasteiger partial charge in [0, 0.05) is 10.9 Å². The third kappa shape index (κ3) is 3.10. The fraction of sp³-hybridized carbons (Fsp3) is 0.154. The molecule has 0 radical (unpaired) electrons. The number of nitrogens with two attached hydrogens (primary N) is 1. The summed E-state index contributed by atoms with van der Waals surface area (Å²) in [4.78, 5) is 11.7. The number of carbonyl (C=O) groups is 1. The van der Waals surface area contributed by atoms with Gasteiger partial charge in [-0.15, -0.1) is 11.3 Å². The molecule has 2 aromatic rings. The lowest BCUT2D eigenvalue weighted by Gasteiger charge is -2.10. The lowest BCUT2D eigenvalue weighted by atomic mass is 10.0. The van der Waals surface area contributed by atoms with Gasteiger partial charge in [-0.2, -0.15) is 0 Å². The van der Waals surface area contributed by atoms with E-state index in [1.54, 1.807) is 0 Å². The maximum Gasteiger partial charge on any atom is 0.305 e. The van der Waals surface area contributed by atoms with E-state index in [-0.39, 0.29) is 6.42 Å². The molecule has 0 aliphatic rings. The van der Waals surface area contributed by atoms with Crippen LogP contribution >= 0.6 is 22.9 Å². The fourth-order valence-electron chi connectivity index (χ4n) is 1.70. The highest BCUT2D eigenvalue weighted by atomic mass is 35.5. The third-order valence-electron chi connectivity index (χ3n) is 2.57. The Kier molecular flexibility index (Phi) is 4.01. The van der Waals surface area contributed by atoms with Crippen LogP contribution in [0.2, 0.25) is 4.34 Å². The number of thiophene rings is 1. The van der Waals surface area contributed by atoms with Crippen molar-refractivity contribution < 1.29 is 9.90 Å². The molecule has 1 aromatic carbocycles. The number of benzene rings is 1. The molecular weight excluding hydrogens is 270 g/mol. The van der Waals surface area contributed by atoms with Crippen molar-refractivity contribution in [2.45, 2.75) is 12.5 Å². The molecule has 3 nitrogen and oxygen atoms in total. The first-order chi connectivity index (χ1) is 8.56. The van der Waals surface area contributed by atoms with Crippen LogP contribution in [-0.2, 0) is 4.79 Å². The lowest BCUT2D eigenvalue weighted by Crippen LogP contribution is -2.14. The van der Waals surface area contributed by atoms with Gasteiger partial charge in [-0.25, -0.2) is 0 Å². The first kappa shape index (κ1) is 13.1. The average molecular weight is 282 g/mol. The molecule has 5 heteroatoms. The number of hydrogen-bond acceptors (Lipinski definition) is 3. The van der Waals surface area contributed by atoms with Gasteiger partial charge < -0.3 is 10.8 Å². The van der Waals surface area contributed by atoms with Crippen LogP contribution in [0.4, 0.5) is 0 Å². The van der Waals surface area contributed by atoms with Crippen LogP contribution in [0, 0.1) is 0 Å². The van der Waals surface area contributed by atoms with Gasteiger partial charge in [-0.3, -0.25) is 4.79 Å². The molecule has 2 rings (SSSR count). The molecule has 0 fully saturated rings. The predicted molar refractivity (Wildman–Crippen MR) is 73.9 cm³/mol. The molecule has 3 N–H and O–H groups in total. The molecule has 0 saturated carbocycles. The minimum atomic E-state index is -0.896. The Morgan fingerprint density at radius 1 is 1.39 bits per heavy atom. The van der Waals surface area contributed by atoms with Crippen molar-refractivity contribution >= 4 is 28.9 Å². The van der Waals surface area contributed by atoms with E-state index >= 15 is 0 Å². The molecule has 0 aliphatic carbocycles. The summed E-state index contributed by atoms with van der Waals surface area (Å²) in [5, 5.41) is 8.74. The van der Waals surface area contributed by atoms with Crippen molar-refractivity contribution in [3.05, 3.63) is 46.3 Å². The molecule has 0 aliphatic heterocycles. The quantitative estimate of drug-likeness (QED) is 0.901. The monoisotopic (exact) mass is 281 g/mol. The normalized spacial score (nSPS) is 12.3. The molecule has 1 aromatic heterocycles. The fourth-order valence-corrected chi connectivity index (χ4v) is 2.74. The zero-order valence-electron chi connectivity index (χ0n) is 9.47. The summed E-state index contributed by atoms with van der Waals surface area (Å²) in [5.41, 5.74) is 7.67. The van der Waals surface area contributed by atoms with Gasteiger partial charge >= 0.3 is 5.97 Å². The summed E-state index contributed by atoms with van der Waals surface area (Å²) < 4.78 is 0.727. The van der Waals surface area contributed by atoms with Crippen LogP contribution < -0.4 is 5.73 Å². The Balaban J connectivity index is 2.27. The zero-order valence-corrected chi connectivity index (χ0v) is 11.0. The highest BCUT2D eigenvalue weighted by Crippen LogP contribution is 2.32. The first-order valence-corrected chi connectivity index (χ1v) is 6.59. The van der Waals surface area contributed by atoms with Crippen molar-refractivity contribution in [1.29, 1.82) is 0 Å². The van der Waals surface area contributed by atoms with E-state index in [9.17, 15) is 4.79 Å². The number of aliphatic carboxylic acids is 1. The SMILES string of the molecule is N[C@@H](CC(=O)O)c1cccc(-c2ccc(Cl)s2)c1. The number of hydrogen-bond donors (Lipinski definition) is 2. The highest BCUT2D eigenvalue weighted by molar-refractivity contribution is 7.19. The Morgan fingerprint density at radius 3 is 2.78 bits per heavy atom. The van der Waals surface area contributed by atoms with Crippen molar-refractivity contribution in [2.75, 3.05) is 0 Å². The van der Waals surface area contributed by atoms with Gasteiger partial charge in [-0.1, -0.05) is 29.8 Å². The third-order valence-corrected chi connectivity index (χ3v) is 3.85. The minimum Gasteiger partial charge on any atom is -0.481 e. The molecule has 0 saturated heterocycles. The van der Waals surface area contributed by atoms with Crippen LogP contribution in [0.3, 0.4) is 0 Å². The molecular formula is C13H12ClNO2S. The van der Waals surface area contributed by atoms with Gasteiger partial charge in [0.15, 0.2) is 0 Å². The van der Waals surface area contributed by atoms with E-state index < -0.39 is 12.0 Å². The van der Waals surface area contributed by atoms with E-state index in [1.807, 2.05) is 36.4 Å². The molecule has 0 bridgehead atoms. The summed E-state index contributed by atoms with van der Waals surface area (Å²) in [6.45, 7) is 0. The first-order valence-electron chi connectivity index (χ1n) is 5.39. The Morgan fingerprint density at radius 2 is 2.17 bits per heavy atom. The summed E-state index contributed by atoms with van der Waals surface area (Å²) in [5.74, 6) is -0.896. The standard InChI is InChI=1S/C13H12ClNO2S/c14-12-5-4-11(18-12)9-3-1-2-8(6-9)10(15)7-13(16)17/h1-6,10H,7,15H2,(H,16,17)/t10-/m0/s1. The second-order valence-corrected chi connectivity index (χ2v) is 5.65. The molecule has 1 heterocycles. The summed E-state index contributed by atoms with van der Waals surface area (Å²) >= 11 is 7.38. The van der Waals surface area contributed by atoms with E-state index in [4.69, 9.17) is 22.4 Å². The number of rotatable bonds is 4. The van der Waals surface area contributed by atoms with Gasteiger partial charge in [-0.05, 0) is 29.3 Å². The largest absolute Gasteiger partial charge is 0.481 e. The van der Waals surface area contributed by atoms with Crippen LogP contribution in [0.1, 0.15) is 18.0 Å². The van der Waals surface area contributed by atoms with Gasteiger partial charge in [0.05, 0.1) is 10.8 Å². The average Bonchev–Trinajstić information content (AvgIpc) is 2.75. The minimum absolute atomic E-state index is 0.0748. The van der Waals surface area contributed by atoms with Crippen molar-refractivity contribution in [3.8, 4) is 10.4 Å². The van der Waals surface area contributed by atoms with Crippen LogP contribution in [-0.4, -0.2) is 11.1 Å². The van der Waals surface area contributed by atoms with Crippen LogP contribution in [0.25, 0.3) is 10.4 Å². The van der Waals surface area contributed by atoms with Crippen molar-refractivity contribution in [1.82, 2.24) is 0 Å². The number of carboxylic acids is 1. The maximum absolute atomic E-state index is 10.6. The summed E-state index contributed by atoms with van der Waals surface area (Å²) in [7, 11) is 0. The lowest BCUT2D eigenvalue weighted by molar-refractivity contribution is -0.137. The van der Waals surface area contributed by atoms with Gasteiger partial charge in [0.25, 0.3) is 0 Å². The molecule has 1 atom stereocenters. The second-order valence-electron chi connectivity index (χ2n) is 3.93. The van der Waals surface area contributed by atoms with Crippen molar-refractivity contribution in [2.24, 2.45) is 5.73 Å². The molecule has 18 heavy (non-hydrogen) atoms. The maximum atomic E-state index is 10.6. The van der Waals surface area contributed by atoms with Crippen molar-refractivity contribution in [3.63, 3.8) is 0 Å². The van der Waals surface area contributed by atoms with Crippen LogP contribution in [0.15, 0.2) is 36.4 Å². The molecule has 94 valence electrons. The van der Waals surface area contributed by atoms with E-state index in [0.29, 0.717) is 0 Å². The zero-order chi connectivity index (χ0) is 13.1. The predicted octanol–water partition coefficient (Wildman–Crippen LogP) is 3.54. The number of carboxylic acid groups (broad SMARTS) is 1. The highest BCUT2D eigenvalue weighted by Gasteiger charge is 2.11. The Labute approximate surface area is 114 Å².